The minimum Gasteiger partial charge on any atom is -0.492 e. The lowest BCUT2D eigenvalue weighted by Crippen LogP contribution is -2.43. The first-order valence-electron chi connectivity index (χ1n) is 13.6. The molecule has 1 saturated carbocycles. The zero-order valence-corrected chi connectivity index (χ0v) is 24.7. The number of thioether (sulfide) groups is 1. The van der Waals surface area contributed by atoms with Gasteiger partial charge in [0.1, 0.15) is 28.7 Å². The average Bonchev–Trinajstić information content (AvgIpc) is 2.97. The fourth-order valence-electron chi connectivity index (χ4n) is 6.03. The molecule has 1 saturated heterocycles. The summed E-state index contributed by atoms with van der Waals surface area (Å²) >= 11 is 7.02. The monoisotopic (exact) mass is 621 g/mol. The molecule has 1 heterocycles. The molecule has 0 spiro atoms. The Labute approximate surface area is 247 Å². The van der Waals surface area contributed by atoms with Crippen LogP contribution in [0.5, 0.6) is 0 Å². The van der Waals surface area contributed by atoms with E-state index in [4.69, 9.17) is 16.3 Å². The Bertz CT molecular complexity index is 1500. The van der Waals surface area contributed by atoms with Gasteiger partial charge in [-0.3, -0.25) is 9.59 Å². The van der Waals surface area contributed by atoms with Gasteiger partial charge >= 0.3 is 5.91 Å². The first-order valence-corrected chi connectivity index (χ1v) is 16.4. The highest BCUT2D eigenvalue weighted by Crippen LogP contribution is 2.51. The summed E-state index contributed by atoms with van der Waals surface area (Å²) < 4.78 is 62.3. The summed E-state index contributed by atoms with van der Waals surface area (Å²) in [6, 6.07) is 8.74. The van der Waals surface area contributed by atoms with Crippen molar-refractivity contribution in [1.29, 1.82) is 0 Å². The maximum absolute atomic E-state index is 15.2. The summed E-state index contributed by atoms with van der Waals surface area (Å²) in [5.74, 6) is -0.708. The quantitative estimate of drug-likeness (QED) is 0.327. The average molecular weight is 622 g/mol. The van der Waals surface area contributed by atoms with E-state index in [9.17, 15) is 22.4 Å². The first kappa shape index (κ1) is 29.8. The van der Waals surface area contributed by atoms with Crippen LogP contribution in [0.15, 0.2) is 70.8 Å². The highest BCUT2D eigenvalue weighted by atomic mass is 35.5. The van der Waals surface area contributed by atoms with Crippen LogP contribution in [0.4, 0.5) is 8.78 Å². The number of nitrogens with zero attached hydrogens (tertiary/aromatic N) is 1. The summed E-state index contributed by atoms with van der Waals surface area (Å²) in [6.45, 7) is 1.01. The Morgan fingerprint density at radius 2 is 1.80 bits per heavy atom. The van der Waals surface area contributed by atoms with Gasteiger partial charge in [0.15, 0.2) is 9.84 Å². The van der Waals surface area contributed by atoms with Gasteiger partial charge in [0, 0.05) is 22.9 Å². The molecular formula is C30H30ClF2NO5S2. The van der Waals surface area contributed by atoms with Crippen LogP contribution in [0.1, 0.15) is 44.1 Å². The molecule has 2 aliphatic carbocycles. The lowest BCUT2D eigenvalue weighted by molar-refractivity contribution is -0.141. The molecule has 0 unspecified atom stereocenters. The molecular weight excluding hydrogens is 592 g/mol. The molecule has 0 radical (unpaired) electrons. The molecule has 5 rings (SSSR count). The van der Waals surface area contributed by atoms with Gasteiger partial charge in [0.25, 0.3) is 5.12 Å². The standard InChI is InChI=1S/C30H30ClF2NO5S2/c31-21-5-8-23(9-6-21)41(37,38)30(25-19-22(32)7-10-26(25)33)13-11-20(12-14-30)24-3-1-2-4-27(24)39-17-15-34-16-18-40-29(36)28(34)35/h2,4-10,19-20H,1,3,11-18H2. The van der Waals surface area contributed by atoms with Gasteiger partial charge < -0.3 is 9.64 Å². The Kier molecular flexibility index (Phi) is 8.92. The number of hydrogen-bond acceptors (Lipinski definition) is 6. The number of rotatable bonds is 8. The highest BCUT2D eigenvalue weighted by Gasteiger charge is 2.50. The molecule has 6 nitrogen and oxygen atoms in total. The van der Waals surface area contributed by atoms with Crippen molar-refractivity contribution >= 4 is 44.2 Å². The van der Waals surface area contributed by atoms with Crippen LogP contribution < -0.4 is 0 Å². The zero-order chi connectivity index (χ0) is 29.2. The molecule has 0 atom stereocenters. The minimum atomic E-state index is -4.13. The maximum atomic E-state index is 15.2. The fourth-order valence-corrected chi connectivity index (χ4v) is 9.07. The van der Waals surface area contributed by atoms with Crippen molar-refractivity contribution in [2.24, 2.45) is 5.92 Å². The molecule has 0 N–H and O–H groups in total. The van der Waals surface area contributed by atoms with Crippen LogP contribution in [-0.2, 0) is 28.9 Å². The lowest BCUT2D eigenvalue weighted by Gasteiger charge is -2.41. The van der Waals surface area contributed by atoms with Gasteiger partial charge in [-0.2, -0.15) is 0 Å². The number of amides is 1. The molecule has 1 aliphatic heterocycles. The number of carbonyl (C=O) groups is 2. The Balaban J connectivity index is 1.39. The van der Waals surface area contributed by atoms with Crippen molar-refractivity contribution in [2.75, 3.05) is 25.4 Å². The van der Waals surface area contributed by atoms with E-state index in [1.807, 2.05) is 12.2 Å². The summed E-state index contributed by atoms with van der Waals surface area (Å²) in [6.07, 6.45) is 6.53. The third-order valence-corrected chi connectivity index (χ3v) is 11.8. The molecule has 2 aromatic carbocycles. The largest absolute Gasteiger partial charge is 0.492 e. The van der Waals surface area contributed by atoms with E-state index < -0.39 is 37.2 Å². The van der Waals surface area contributed by atoms with E-state index in [0.717, 1.165) is 48.4 Å². The predicted molar refractivity (Wildman–Crippen MR) is 154 cm³/mol. The second kappa shape index (κ2) is 12.3. The highest BCUT2D eigenvalue weighted by molar-refractivity contribution is 8.15. The van der Waals surface area contributed by atoms with Gasteiger partial charge in [-0.15, -0.1) is 0 Å². The SMILES string of the molecule is O=C1SCCN(CCOC2=C(C3CCC(c4cc(F)ccc4F)(S(=O)(=O)c4ccc(Cl)cc4)CC3)CCC=C2)C1=O. The van der Waals surface area contributed by atoms with Crippen LogP contribution in [0.25, 0.3) is 0 Å². The number of allylic oxidation sites excluding steroid dienone is 3. The minimum absolute atomic E-state index is 0.00490. The molecule has 0 aromatic heterocycles. The molecule has 1 amide bonds. The van der Waals surface area contributed by atoms with Crippen molar-refractivity contribution < 1.29 is 31.5 Å². The Morgan fingerprint density at radius 1 is 1.07 bits per heavy atom. The van der Waals surface area contributed by atoms with Crippen LogP contribution in [0.2, 0.25) is 5.02 Å². The third-order valence-electron chi connectivity index (χ3n) is 8.18. The summed E-state index contributed by atoms with van der Waals surface area (Å²) in [4.78, 5) is 25.3. The number of ether oxygens (including phenoxy) is 1. The van der Waals surface area contributed by atoms with E-state index in [0.29, 0.717) is 42.5 Å². The van der Waals surface area contributed by atoms with E-state index in [2.05, 4.69) is 0 Å². The molecule has 2 aromatic rings. The number of benzene rings is 2. The first-order chi connectivity index (χ1) is 19.6. The van der Waals surface area contributed by atoms with Gasteiger partial charge in [0.05, 0.1) is 11.4 Å². The number of carbonyl (C=O) groups excluding carboxylic acids is 2. The fraction of sp³-hybridized carbons (Fsp3) is 0.400. The molecule has 11 heteroatoms. The van der Waals surface area contributed by atoms with Gasteiger partial charge in [0.2, 0.25) is 0 Å². The smallest absolute Gasteiger partial charge is 0.301 e. The normalized spacial score (nSPS) is 23.7. The lowest BCUT2D eigenvalue weighted by atomic mass is 9.73. The van der Waals surface area contributed by atoms with Crippen molar-refractivity contribution in [3.63, 3.8) is 0 Å². The molecule has 3 aliphatic rings. The summed E-state index contributed by atoms with van der Waals surface area (Å²) in [5, 5.41) is -0.0821. The number of hydrogen-bond donors (Lipinski definition) is 0. The van der Waals surface area contributed by atoms with Crippen LogP contribution in [0, 0.1) is 17.6 Å². The second-order valence-electron chi connectivity index (χ2n) is 10.5. The van der Waals surface area contributed by atoms with Gasteiger partial charge in [-0.1, -0.05) is 29.4 Å². The van der Waals surface area contributed by atoms with E-state index in [1.54, 1.807) is 0 Å². The van der Waals surface area contributed by atoms with Crippen molar-refractivity contribution in [3.05, 3.63) is 88.2 Å². The van der Waals surface area contributed by atoms with E-state index in [1.165, 1.54) is 29.2 Å². The van der Waals surface area contributed by atoms with Crippen LogP contribution in [-0.4, -0.2) is 49.8 Å². The zero-order valence-electron chi connectivity index (χ0n) is 22.3. The van der Waals surface area contributed by atoms with Crippen molar-refractivity contribution in [2.45, 2.75) is 48.2 Å². The topological polar surface area (TPSA) is 80.8 Å². The third kappa shape index (κ3) is 5.96. The second-order valence-corrected chi connectivity index (χ2v) is 14.2. The molecule has 2 fully saturated rings. The Hall–Kier alpha value is -2.69. The summed E-state index contributed by atoms with van der Waals surface area (Å²) in [5.41, 5.74) is 0.903. The molecule has 218 valence electrons. The predicted octanol–water partition coefficient (Wildman–Crippen LogP) is 6.20. The van der Waals surface area contributed by atoms with Crippen molar-refractivity contribution in [1.82, 2.24) is 4.90 Å². The Morgan fingerprint density at radius 3 is 2.54 bits per heavy atom. The van der Waals surface area contributed by atoms with E-state index in [-0.39, 0.29) is 35.8 Å². The number of sulfone groups is 1. The van der Waals surface area contributed by atoms with Gasteiger partial charge in [-0.05, 0) is 98.6 Å². The molecule has 0 bridgehead atoms. The van der Waals surface area contributed by atoms with Crippen LogP contribution >= 0.6 is 23.4 Å². The molecule has 41 heavy (non-hydrogen) atoms. The summed E-state index contributed by atoms with van der Waals surface area (Å²) in [7, 11) is -4.13. The maximum Gasteiger partial charge on any atom is 0.301 e. The number of halogens is 3. The van der Waals surface area contributed by atoms with Crippen molar-refractivity contribution in [3.8, 4) is 0 Å². The van der Waals surface area contributed by atoms with E-state index >= 15 is 4.39 Å². The van der Waals surface area contributed by atoms with Gasteiger partial charge in [-0.25, -0.2) is 17.2 Å². The van der Waals surface area contributed by atoms with Crippen LogP contribution in [0.3, 0.4) is 0 Å².